The van der Waals surface area contributed by atoms with E-state index in [9.17, 15) is 9.59 Å². The second-order valence-corrected chi connectivity index (χ2v) is 7.59. The average Bonchev–Trinajstić information content (AvgIpc) is 3.23. The molecule has 0 bridgehead atoms. The smallest absolute Gasteiger partial charge is 0.269 e. The van der Waals surface area contributed by atoms with Gasteiger partial charge in [-0.3, -0.25) is 9.59 Å². The Morgan fingerprint density at radius 2 is 1.71 bits per heavy atom. The summed E-state index contributed by atoms with van der Waals surface area (Å²) < 4.78 is 10.9. The second-order valence-electron chi connectivity index (χ2n) is 6.77. The number of likely N-dealkylation sites (N-methyl/N-ethyl adjacent to an activating group) is 1. The third-order valence-electron chi connectivity index (χ3n) is 4.35. The fraction of sp³-hybridized carbons (Fsp3) is 0.130. The Kier molecular flexibility index (Phi) is 7.05. The van der Waals surface area contributed by atoms with Gasteiger partial charge in [-0.05, 0) is 54.6 Å². The summed E-state index contributed by atoms with van der Waals surface area (Å²) in [5.41, 5.74) is 1.19. The first-order valence-corrected chi connectivity index (χ1v) is 9.98. The van der Waals surface area contributed by atoms with E-state index in [1.165, 1.54) is 11.0 Å². The van der Waals surface area contributed by atoms with Gasteiger partial charge in [-0.15, -0.1) is 0 Å². The quantitative estimate of drug-likeness (QED) is 0.520. The molecule has 0 saturated heterocycles. The van der Waals surface area contributed by atoms with Crippen molar-refractivity contribution < 1.29 is 18.7 Å². The van der Waals surface area contributed by atoms with Crippen molar-refractivity contribution in [3.05, 3.63) is 81.7 Å². The van der Waals surface area contributed by atoms with E-state index in [0.717, 1.165) is 5.56 Å². The second kappa shape index (κ2) is 9.73. The van der Waals surface area contributed by atoms with Gasteiger partial charge in [-0.25, -0.2) is 0 Å². The number of furan rings is 1. The number of rotatable bonds is 6. The molecule has 0 atom stereocenters. The monoisotopic (exact) mass is 458 g/mol. The predicted molar refractivity (Wildman–Crippen MR) is 121 cm³/mol. The largest absolute Gasteiger partial charge is 0.497 e. The molecule has 1 aromatic heterocycles. The van der Waals surface area contributed by atoms with Crippen LogP contribution >= 0.6 is 23.2 Å². The van der Waals surface area contributed by atoms with Gasteiger partial charge >= 0.3 is 0 Å². The molecule has 8 heteroatoms. The summed E-state index contributed by atoms with van der Waals surface area (Å²) in [5.74, 6) is 0.751. The van der Waals surface area contributed by atoms with Crippen molar-refractivity contribution in [3.8, 4) is 17.1 Å². The van der Waals surface area contributed by atoms with Crippen LogP contribution in [0.2, 0.25) is 10.0 Å². The van der Waals surface area contributed by atoms with Crippen LogP contribution in [0.25, 0.3) is 17.4 Å². The number of methoxy groups -OCH3 is 1. The minimum Gasteiger partial charge on any atom is -0.497 e. The summed E-state index contributed by atoms with van der Waals surface area (Å²) >= 11 is 12.0. The van der Waals surface area contributed by atoms with Crippen LogP contribution in [0.15, 0.2) is 64.7 Å². The van der Waals surface area contributed by atoms with Crippen LogP contribution in [0.4, 0.5) is 0 Å². The first-order valence-electron chi connectivity index (χ1n) is 9.22. The molecule has 3 aromatic rings. The number of nitrogens with one attached hydrogen (secondary N) is 1. The lowest BCUT2D eigenvalue weighted by atomic mass is 10.2. The topological polar surface area (TPSA) is 71.8 Å². The Hall–Kier alpha value is -3.22. The fourth-order valence-electron chi connectivity index (χ4n) is 2.71. The van der Waals surface area contributed by atoms with Crippen LogP contribution in [-0.2, 0) is 4.79 Å². The minimum atomic E-state index is -0.430. The van der Waals surface area contributed by atoms with Crippen molar-refractivity contribution in [1.82, 2.24) is 10.2 Å². The molecule has 0 unspecified atom stereocenters. The van der Waals surface area contributed by atoms with E-state index >= 15 is 0 Å². The van der Waals surface area contributed by atoms with Crippen LogP contribution in [0.5, 0.6) is 5.75 Å². The first-order chi connectivity index (χ1) is 14.8. The molecule has 0 fully saturated rings. The van der Waals surface area contributed by atoms with E-state index in [4.69, 9.17) is 32.4 Å². The zero-order valence-electron chi connectivity index (χ0n) is 17.1. The number of hydrogen-bond donors (Lipinski definition) is 1. The molecule has 31 heavy (non-hydrogen) atoms. The molecule has 160 valence electrons. The molecular weight excluding hydrogens is 439 g/mol. The summed E-state index contributed by atoms with van der Waals surface area (Å²) in [6.45, 7) is 0. The minimum absolute atomic E-state index is 0.0702. The molecule has 0 saturated carbocycles. The van der Waals surface area contributed by atoms with Gasteiger partial charge in [0.1, 0.15) is 23.0 Å². The number of amides is 2. The molecule has 1 N–H and O–H groups in total. The highest BCUT2D eigenvalue weighted by molar-refractivity contribution is 6.42. The van der Waals surface area contributed by atoms with Crippen molar-refractivity contribution in [2.75, 3.05) is 21.2 Å². The average molecular weight is 459 g/mol. The summed E-state index contributed by atoms with van der Waals surface area (Å²) in [5, 5.41) is 3.50. The van der Waals surface area contributed by atoms with E-state index in [-0.39, 0.29) is 11.6 Å². The fourth-order valence-corrected chi connectivity index (χ4v) is 3.00. The molecule has 2 amide bonds. The van der Waals surface area contributed by atoms with Crippen LogP contribution in [-0.4, -0.2) is 37.9 Å². The Morgan fingerprint density at radius 3 is 2.32 bits per heavy atom. The molecule has 6 nitrogen and oxygen atoms in total. The summed E-state index contributed by atoms with van der Waals surface area (Å²) in [6, 6.07) is 15.1. The number of halogens is 2. The lowest BCUT2D eigenvalue weighted by Crippen LogP contribution is -2.34. The number of ether oxygens (including phenoxy) is 1. The lowest BCUT2D eigenvalue weighted by molar-refractivity contribution is -0.124. The van der Waals surface area contributed by atoms with Gasteiger partial charge in [0.25, 0.3) is 11.8 Å². The molecular formula is C23H20Cl2N2O4. The number of hydrogen-bond acceptors (Lipinski definition) is 4. The van der Waals surface area contributed by atoms with Crippen molar-refractivity contribution in [2.45, 2.75) is 0 Å². The lowest BCUT2D eigenvalue weighted by Gasteiger charge is -2.14. The molecule has 0 aliphatic carbocycles. The molecule has 0 aliphatic heterocycles. The van der Waals surface area contributed by atoms with Gasteiger partial charge in [0.2, 0.25) is 0 Å². The van der Waals surface area contributed by atoms with Crippen molar-refractivity contribution in [1.29, 1.82) is 0 Å². The van der Waals surface area contributed by atoms with Crippen LogP contribution in [0.3, 0.4) is 0 Å². The summed E-state index contributed by atoms with van der Waals surface area (Å²) in [6.07, 6.45) is 1.48. The third-order valence-corrected chi connectivity index (χ3v) is 5.09. The number of nitrogens with zero attached hydrogens (tertiary/aromatic N) is 1. The van der Waals surface area contributed by atoms with Gasteiger partial charge < -0.3 is 19.4 Å². The highest BCUT2D eigenvalue weighted by Gasteiger charge is 2.17. The van der Waals surface area contributed by atoms with Gasteiger partial charge in [0, 0.05) is 31.3 Å². The van der Waals surface area contributed by atoms with Gasteiger partial charge in [0.05, 0.1) is 17.2 Å². The number of benzene rings is 2. The highest BCUT2D eigenvalue weighted by Crippen LogP contribution is 2.30. The summed E-state index contributed by atoms with van der Waals surface area (Å²) in [4.78, 5) is 26.6. The molecule has 0 aliphatic rings. The highest BCUT2D eigenvalue weighted by atomic mass is 35.5. The van der Waals surface area contributed by atoms with E-state index in [0.29, 0.717) is 32.9 Å². The Bertz CT molecular complexity index is 1130. The number of carbonyl (C=O) groups is 2. The molecule has 2 aromatic carbocycles. The third kappa shape index (κ3) is 5.48. The maximum atomic E-state index is 12.6. The molecule has 3 rings (SSSR count). The Labute approximate surface area is 190 Å². The molecule has 0 spiro atoms. The first kappa shape index (κ1) is 22.5. The SMILES string of the molecule is COc1ccc(C(=O)N/C(=C\c2ccc(-c3ccc(Cl)c(Cl)c3)o2)C(=O)N(C)C)cc1. The Morgan fingerprint density at radius 1 is 1.00 bits per heavy atom. The van der Waals surface area contributed by atoms with E-state index in [1.54, 1.807) is 75.8 Å². The maximum absolute atomic E-state index is 12.6. The van der Waals surface area contributed by atoms with Crippen LogP contribution in [0.1, 0.15) is 16.1 Å². The Balaban J connectivity index is 1.88. The standard InChI is InChI=1S/C23H20Cl2N2O4/c1-27(2)23(29)20(26-22(28)14-4-7-16(30-3)8-5-14)13-17-9-11-21(31-17)15-6-10-18(24)19(25)12-15/h4-13H,1-3H3,(H,26,28)/b20-13-. The van der Waals surface area contributed by atoms with Crippen molar-refractivity contribution in [2.24, 2.45) is 0 Å². The van der Waals surface area contributed by atoms with E-state index in [2.05, 4.69) is 5.32 Å². The van der Waals surface area contributed by atoms with Crippen LogP contribution < -0.4 is 10.1 Å². The zero-order chi connectivity index (χ0) is 22.5. The van der Waals surface area contributed by atoms with E-state index in [1.807, 2.05) is 0 Å². The zero-order valence-corrected chi connectivity index (χ0v) is 18.6. The summed E-state index contributed by atoms with van der Waals surface area (Å²) in [7, 11) is 4.74. The van der Waals surface area contributed by atoms with Gasteiger partial charge in [-0.1, -0.05) is 23.2 Å². The number of carbonyl (C=O) groups excluding carboxylic acids is 2. The van der Waals surface area contributed by atoms with Gasteiger partial charge in [0.15, 0.2) is 0 Å². The molecule has 1 heterocycles. The normalized spacial score (nSPS) is 11.2. The predicted octanol–water partition coefficient (Wildman–Crippen LogP) is 5.12. The van der Waals surface area contributed by atoms with Crippen molar-refractivity contribution in [3.63, 3.8) is 0 Å². The van der Waals surface area contributed by atoms with Crippen molar-refractivity contribution >= 4 is 41.1 Å². The van der Waals surface area contributed by atoms with E-state index < -0.39 is 5.91 Å². The van der Waals surface area contributed by atoms with Gasteiger partial charge in [-0.2, -0.15) is 0 Å². The van der Waals surface area contributed by atoms with Crippen LogP contribution in [0, 0.1) is 0 Å². The maximum Gasteiger partial charge on any atom is 0.269 e. The molecule has 0 radical (unpaired) electrons.